The van der Waals surface area contributed by atoms with Crippen LogP contribution in [-0.2, 0) is 14.4 Å². The molecule has 0 radical (unpaired) electrons. The summed E-state index contributed by atoms with van der Waals surface area (Å²) in [6.07, 6.45) is 117. The van der Waals surface area contributed by atoms with E-state index in [0.29, 0.717) is 44.3 Å². The Hall–Kier alpha value is -1.75. The zero-order valence-corrected chi connectivity index (χ0v) is 91.7. The van der Waals surface area contributed by atoms with Gasteiger partial charge in [-0.25, -0.2) is 0 Å². The van der Waals surface area contributed by atoms with Gasteiger partial charge in [0, 0.05) is 90.6 Å². The van der Waals surface area contributed by atoms with Gasteiger partial charge in [0.25, 0.3) is 0 Å². The Bertz CT molecular complexity index is 2190. The molecule has 2 amide bonds. The number of unbranched alkanes of at least 4 members (excludes halogenated alkanes) is 75. The van der Waals surface area contributed by atoms with Gasteiger partial charge in [-0.1, -0.05) is 524 Å². The van der Waals surface area contributed by atoms with Crippen LogP contribution in [0.1, 0.15) is 620 Å². The number of aliphatic hydroxyl groups excluding tert-OH is 2. The first-order valence-corrected chi connectivity index (χ1v) is 60.9. The van der Waals surface area contributed by atoms with Crippen LogP contribution < -0.4 is 27.4 Å². The molecule has 0 aliphatic carbocycles. The normalized spacial score (nSPS) is 12.9. The van der Waals surface area contributed by atoms with Crippen molar-refractivity contribution < 1.29 is 24.6 Å². The predicted molar refractivity (Wildman–Crippen MR) is 589 cm³/mol. The molecule has 1 aliphatic heterocycles. The Morgan fingerprint density at radius 3 is 0.857 bits per heavy atom. The first kappa shape index (κ1) is 133. The smallest absolute Gasteiger partial charge is 0.223 e. The first-order valence-electron chi connectivity index (χ1n) is 60.9. The molecule has 1 heterocycles. The van der Waals surface area contributed by atoms with Crippen molar-refractivity contribution in [1.29, 1.82) is 0 Å². The van der Waals surface area contributed by atoms with Crippen molar-refractivity contribution >= 4 is 17.6 Å². The molecule has 0 saturated carbocycles. The molecule has 9 N–H and O–H groups in total. The van der Waals surface area contributed by atoms with Crippen LogP contribution in [0.4, 0.5) is 0 Å². The Morgan fingerprint density at radius 1 is 0.271 bits per heavy atom. The quantitative estimate of drug-likeness (QED) is 0.0286. The standard InChI is InChI=1S/C51H105N3O2.C34H71N3O2.C34H69N3O/c1-4-7-10-13-16-19-22-25-28-31-34-37-43-53(47-42-50(55)41-36-33-30-27-24-21-18-15-12-9-6-3)44-39-40-46-54(49-51(56)48-52)45-38-35-32-29-26-23-20-17-14-11-8-5-2;1-3-5-7-9-11-13-15-17-19-21-23-25-28-36-29-27-34(39)37(32-33(38)31-35)30-26-24-22-20-18-16-14-12-10-8-6-4-2;1-3-5-7-9-11-13-15-16-18-20-22-24-31-37(33-25-29-35-30-26-33)32-27-34(38)36-28-23-21-19-17-14-12-10-8-6-4-2/h51,56H,4-49,52H2,1-3H3;33,36,38H,3-32,35H2,1-2H3;33,35H,3-32H2,1-2H3,(H,36,38). The molecule has 1 fully saturated rings. The lowest BCUT2D eigenvalue weighted by atomic mass is 10.0. The number of Topliss-reactive ketones (excluding diaryl/α,β-unsaturated/α-hetero) is 1. The molecule has 1 aliphatic rings. The van der Waals surface area contributed by atoms with E-state index >= 15 is 0 Å². The molecule has 1 saturated heterocycles. The lowest BCUT2D eigenvalue weighted by Gasteiger charge is -2.34. The maximum atomic E-state index is 12.9. The minimum atomic E-state index is -0.625. The van der Waals surface area contributed by atoms with Gasteiger partial charge in [0.1, 0.15) is 5.78 Å². The Balaban J connectivity index is 0. The van der Waals surface area contributed by atoms with E-state index in [1.165, 1.54) is 520 Å². The molecule has 0 aromatic carbocycles. The summed E-state index contributed by atoms with van der Waals surface area (Å²) < 4.78 is 0. The zero-order chi connectivity index (χ0) is 96.8. The van der Waals surface area contributed by atoms with E-state index in [1.807, 2.05) is 4.90 Å². The highest BCUT2D eigenvalue weighted by atomic mass is 16.3. The second-order valence-corrected chi connectivity index (χ2v) is 42.3. The summed E-state index contributed by atoms with van der Waals surface area (Å²) in [5.74, 6) is 0.882. The van der Waals surface area contributed by atoms with E-state index in [1.54, 1.807) is 0 Å². The Kier molecular flexibility index (Phi) is 116. The van der Waals surface area contributed by atoms with Crippen molar-refractivity contribution in [2.24, 2.45) is 11.5 Å². The van der Waals surface area contributed by atoms with Crippen LogP contribution in [0.2, 0.25) is 0 Å². The number of piperidine rings is 1. The lowest BCUT2D eigenvalue weighted by Crippen LogP contribution is -2.45. The van der Waals surface area contributed by atoms with E-state index in [4.69, 9.17) is 11.5 Å². The van der Waals surface area contributed by atoms with E-state index < -0.39 is 12.2 Å². The third-order valence-electron chi connectivity index (χ3n) is 29.0. The molecule has 1 rings (SSSR count). The first-order chi connectivity index (χ1) is 65.5. The van der Waals surface area contributed by atoms with Gasteiger partial charge in [0.2, 0.25) is 11.8 Å². The highest BCUT2D eigenvalue weighted by molar-refractivity contribution is 5.78. The summed E-state index contributed by atoms with van der Waals surface area (Å²) in [7, 11) is 0. The highest BCUT2D eigenvalue weighted by Crippen LogP contribution is 2.23. The maximum Gasteiger partial charge on any atom is 0.223 e. The van der Waals surface area contributed by atoms with E-state index in [2.05, 4.69) is 79.1 Å². The number of rotatable bonds is 109. The second-order valence-electron chi connectivity index (χ2n) is 42.3. The summed E-state index contributed by atoms with van der Waals surface area (Å²) in [5.41, 5.74) is 11.5. The predicted octanol–water partition coefficient (Wildman–Crippen LogP) is 32.4. The number of hydrogen-bond donors (Lipinski definition) is 7. The van der Waals surface area contributed by atoms with E-state index in [-0.39, 0.29) is 18.4 Å². The maximum absolute atomic E-state index is 12.9. The van der Waals surface area contributed by atoms with Crippen molar-refractivity contribution in [1.82, 2.24) is 35.6 Å². The van der Waals surface area contributed by atoms with Crippen LogP contribution in [-0.4, -0.2) is 177 Å². The third kappa shape index (κ3) is 106. The molecule has 133 heavy (non-hydrogen) atoms. The fourth-order valence-corrected chi connectivity index (χ4v) is 19.8. The number of amides is 2. The minimum absolute atomic E-state index is 0.146. The van der Waals surface area contributed by atoms with Crippen LogP contribution in [0, 0.1) is 0 Å². The van der Waals surface area contributed by atoms with Crippen LogP contribution in [0.3, 0.4) is 0 Å². The molecular weight excluding hydrogens is 1640 g/mol. The zero-order valence-electron chi connectivity index (χ0n) is 91.7. The number of nitrogens with zero attached hydrogens (tertiary/aromatic N) is 4. The average Bonchev–Trinajstić information content (AvgIpc) is 0.896. The summed E-state index contributed by atoms with van der Waals surface area (Å²) in [6, 6.07) is 0.665. The van der Waals surface area contributed by atoms with Crippen LogP contribution >= 0.6 is 0 Å². The van der Waals surface area contributed by atoms with Crippen LogP contribution in [0.25, 0.3) is 0 Å². The van der Waals surface area contributed by atoms with Crippen molar-refractivity contribution in [2.45, 2.75) is 638 Å². The fourth-order valence-electron chi connectivity index (χ4n) is 19.8. The molecule has 0 aromatic rings. The monoisotopic (exact) mass is 1880 g/mol. The van der Waals surface area contributed by atoms with Gasteiger partial charge in [0.05, 0.1) is 12.2 Å². The minimum Gasteiger partial charge on any atom is -0.390 e. The van der Waals surface area contributed by atoms with Crippen LogP contribution in [0.15, 0.2) is 0 Å². The van der Waals surface area contributed by atoms with Gasteiger partial charge in [-0.15, -0.1) is 0 Å². The van der Waals surface area contributed by atoms with E-state index in [9.17, 15) is 24.6 Å². The lowest BCUT2D eigenvalue weighted by molar-refractivity contribution is -0.132. The average molecular weight is 1880 g/mol. The van der Waals surface area contributed by atoms with Gasteiger partial charge in [-0.05, 0) is 123 Å². The summed E-state index contributed by atoms with van der Waals surface area (Å²) in [6.45, 7) is 30.6. The van der Waals surface area contributed by atoms with E-state index in [0.717, 1.165) is 123 Å². The number of hydrogen-bond acceptors (Lipinski definition) is 12. The third-order valence-corrected chi connectivity index (χ3v) is 29.0. The van der Waals surface area contributed by atoms with Crippen molar-refractivity contribution in [3.63, 3.8) is 0 Å². The topological polar surface area (TPSA) is 193 Å². The van der Waals surface area contributed by atoms with Gasteiger partial charge >= 0.3 is 0 Å². The van der Waals surface area contributed by atoms with Gasteiger partial charge in [-0.2, -0.15) is 0 Å². The molecule has 14 nitrogen and oxygen atoms in total. The number of aliphatic hydroxyl groups is 2. The number of nitrogens with two attached hydrogens (primary N) is 2. The number of ketones is 1. The molecule has 2 unspecified atom stereocenters. The molecule has 2 atom stereocenters. The molecule has 0 bridgehead atoms. The highest BCUT2D eigenvalue weighted by Gasteiger charge is 2.23. The van der Waals surface area contributed by atoms with Crippen molar-refractivity contribution in [3.05, 3.63) is 0 Å². The van der Waals surface area contributed by atoms with Gasteiger partial charge in [0.15, 0.2) is 0 Å². The van der Waals surface area contributed by atoms with Gasteiger partial charge in [-0.3, -0.25) is 19.3 Å². The summed E-state index contributed by atoms with van der Waals surface area (Å²) >= 11 is 0. The SMILES string of the molecule is CCCCCCCCCCCCCCN(CCC(=O)NCCCCCCCCCCCC)C1CCNCC1.CCCCCCCCCCCCCCN(CCCCN(CCCCCCCCCCCCCC)CC(O)CN)CCC(=O)CCCCCCCCCCCCC.CCCCCCCCCCCCCCNCCC(=O)N(CCCCCCCCCCCCCC)CC(O)CN. The van der Waals surface area contributed by atoms with Crippen LogP contribution in [0.5, 0.6) is 0 Å². The number of nitrogens with one attached hydrogen (secondary N) is 3. The second kappa shape index (κ2) is 116. The number of carbonyl (C=O) groups is 3. The molecular formula is C119H245N9O5. The summed E-state index contributed by atoms with van der Waals surface area (Å²) in [4.78, 5) is 47.8. The molecule has 14 heteroatoms. The molecule has 0 spiro atoms. The Morgan fingerprint density at radius 2 is 0.534 bits per heavy atom. The molecule has 0 aromatic heterocycles. The Labute approximate surface area is 833 Å². The largest absolute Gasteiger partial charge is 0.390 e. The van der Waals surface area contributed by atoms with Crippen molar-refractivity contribution in [2.75, 3.05) is 111 Å². The van der Waals surface area contributed by atoms with Crippen molar-refractivity contribution in [3.8, 4) is 0 Å². The fraction of sp³-hybridized carbons (Fsp3) is 0.975. The molecule has 796 valence electrons. The summed E-state index contributed by atoms with van der Waals surface area (Å²) in [5, 5.41) is 30.6. The number of carbonyl (C=O) groups excluding carboxylic acids is 3. The van der Waals surface area contributed by atoms with Gasteiger partial charge < -0.3 is 52.3 Å².